The maximum absolute atomic E-state index is 11.5. The minimum absolute atomic E-state index is 0.787. The van der Waals surface area contributed by atoms with Gasteiger partial charge in [0, 0.05) is 0 Å². The van der Waals surface area contributed by atoms with Gasteiger partial charge in [-0.2, -0.15) is 0 Å². The number of aryl methyl sites for hydroxylation is 1. The second-order valence-corrected chi connectivity index (χ2v) is 8.37. The minimum Gasteiger partial charge on any atom is -0.463 e. The molecule has 0 radical (unpaired) electrons. The lowest BCUT2D eigenvalue weighted by Crippen LogP contribution is -2.36. The Balaban J connectivity index is 2.75. The molecule has 0 aliphatic carbocycles. The molecule has 0 saturated carbocycles. The smallest absolute Gasteiger partial charge is 0.463 e. The lowest BCUT2D eigenvalue weighted by molar-refractivity contribution is 0.00104. The first kappa shape index (κ1) is 14.7. The third-order valence-electron chi connectivity index (χ3n) is 2.42. The summed E-state index contributed by atoms with van der Waals surface area (Å²) < 4.78 is 10.1. The van der Waals surface area contributed by atoms with E-state index in [0.717, 1.165) is 11.1 Å². The molecule has 5 heteroatoms. The van der Waals surface area contributed by atoms with Crippen molar-refractivity contribution in [3.05, 3.63) is 35.4 Å². The van der Waals surface area contributed by atoms with Crippen LogP contribution in [0.4, 0.5) is 4.79 Å². The summed E-state index contributed by atoms with van der Waals surface area (Å²) in [5.41, 5.74) is 1.23. The molecule has 0 heterocycles. The average Bonchev–Trinajstić information content (AvgIpc) is 2.13. The first-order chi connectivity index (χ1) is 8.10. The maximum atomic E-state index is 11.5. The van der Waals surface area contributed by atoms with Crippen LogP contribution in [0.15, 0.2) is 24.3 Å². The number of rotatable bonds is 3. The Labute approximate surface area is 109 Å². The van der Waals surface area contributed by atoms with Crippen LogP contribution >= 0.6 is 0 Å². The highest BCUT2D eigenvalue weighted by molar-refractivity contribution is 6.64. The molecule has 0 aliphatic rings. The molecule has 1 aromatic carbocycles. The highest BCUT2D eigenvalue weighted by Gasteiger charge is 2.31. The molecule has 0 saturated heterocycles. The highest BCUT2D eigenvalue weighted by atomic mass is 28.4. The van der Waals surface area contributed by atoms with Crippen LogP contribution in [-0.4, -0.2) is 19.5 Å². The van der Waals surface area contributed by atoms with Crippen molar-refractivity contribution in [3.8, 4) is 0 Å². The second-order valence-electron chi connectivity index (χ2n) is 5.28. The van der Waals surface area contributed by atoms with Crippen LogP contribution < -0.4 is 0 Å². The topological polar surface area (TPSA) is 55.8 Å². The fourth-order valence-corrected chi connectivity index (χ4v) is 1.90. The van der Waals surface area contributed by atoms with Gasteiger partial charge in [0.2, 0.25) is 0 Å². The van der Waals surface area contributed by atoms with E-state index in [0.29, 0.717) is 0 Å². The molecular weight excluding hydrogens is 248 g/mol. The lowest BCUT2D eigenvalue weighted by Gasteiger charge is -2.26. The van der Waals surface area contributed by atoms with Crippen LogP contribution in [0.5, 0.6) is 0 Å². The van der Waals surface area contributed by atoms with Crippen LogP contribution in [0.3, 0.4) is 0 Å². The van der Waals surface area contributed by atoms with E-state index in [2.05, 4.69) is 0 Å². The van der Waals surface area contributed by atoms with Crippen molar-refractivity contribution < 1.29 is 18.8 Å². The van der Waals surface area contributed by atoms with Gasteiger partial charge < -0.3 is 14.0 Å². The van der Waals surface area contributed by atoms with E-state index in [9.17, 15) is 9.59 Å². The predicted molar refractivity (Wildman–Crippen MR) is 71.5 cm³/mol. The Hall–Kier alpha value is -1.33. The molecule has 1 rings (SSSR count). The van der Waals surface area contributed by atoms with Gasteiger partial charge in [0.1, 0.15) is 5.60 Å². The van der Waals surface area contributed by atoms with Crippen LogP contribution in [0, 0.1) is 6.92 Å². The summed E-state index contributed by atoms with van der Waals surface area (Å²) in [6, 6.07) is 7.72. The Morgan fingerprint density at radius 3 is 2.17 bits per heavy atom. The molecule has 18 heavy (non-hydrogen) atoms. The fraction of sp³-hybridized carbons (Fsp3) is 0.462. The summed E-state index contributed by atoms with van der Waals surface area (Å²) in [5.74, 6) is 0. The summed E-state index contributed by atoms with van der Waals surface area (Å²) in [6.07, 6.45) is -0.834. The number of carbonyl (C=O) groups is 1. The number of benzene rings is 1. The first-order valence-electron chi connectivity index (χ1n) is 5.82. The Kier molecular flexibility index (Phi) is 4.19. The quantitative estimate of drug-likeness (QED) is 0.676. The number of carbonyl (C=O) groups excluding carboxylic acids is 1. The lowest BCUT2D eigenvalue weighted by atomic mass is 9.97. The van der Waals surface area contributed by atoms with Gasteiger partial charge in [-0.05, 0) is 39.4 Å². The minimum atomic E-state index is -2.90. The standard InChI is InChI=1S/C13H20O4Si/c1-10-6-8-11(9-7-10)13(2,3)16-12(14)17-18(4,5)15/h6-9,15H,1-5H3. The molecule has 0 aromatic heterocycles. The number of hydrogen-bond acceptors (Lipinski definition) is 4. The van der Waals surface area contributed by atoms with E-state index in [1.807, 2.05) is 31.2 Å². The third kappa shape index (κ3) is 4.50. The van der Waals surface area contributed by atoms with Crippen LogP contribution in [0.1, 0.15) is 25.0 Å². The maximum Gasteiger partial charge on any atom is 0.496 e. The van der Waals surface area contributed by atoms with Crippen LogP contribution in [-0.2, 0) is 14.8 Å². The monoisotopic (exact) mass is 268 g/mol. The molecule has 1 N–H and O–H groups in total. The molecule has 0 spiro atoms. The predicted octanol–water partition coefficient (Wildman–Crippen LogP) is 3.08. The van der Waals surface area contributed by atoms with Crippen molar-refractivity contribution in [1.29, 1.82) is 0 Å². The molecule has 0 atom stereocenters. The SMILES string of the molecule is Cc1ccc(C(C)(C)OC(=O)O[Si](C)(C)O)cc1. The zero-order valence-corrected chi connectivity index (χ0v) is 12.5. The number of ether oxygens (including phenoxy) is 1. The normalized spacial score (nSPS) is 12.1. The summed E-state index contributed by atoms with van der Waals surface area (Å²) in [6.45, 7) is 8.57. The van der Waals surface area contributed by atoms with Crippen LogP contribution in [0.2, 0.25) is 13.1 Å². The van der Waals surface area contributed by atoms with Crippen molar-refractivity contribution in [3.63, 3.8) is 0 Å². The van der Waals surface area contributed by atoms with Gasteiger partial charge in [0.05, 0.1) is 0 Å². The zero-order valence-electron chi connectivity index (χ0n) is 11.5. The van der Waals surface area contributed by atoms with E-state index in [1.54, 1.807) is 13.8 Å². The van der Waals surface area contributed by atoms with Gasteiger partial charge in [-0.3, -0.25) is 0 Å². The summed E-state index contributed by atoms with van der Waals surface area (Å²) in [7, 11) is -2.90. The molecule has 0 aliphatic heterocycles. The first-order valence-corrected chi connectivity index (χ1v) is 8.67. The summed E-state index contributed by atoms with van der Waals surface area (Å²) >= 11 is 0. The molecule has 0 amide bonds. The van der Waals surface area contributed by atoms with Crippen molar-refractivity contribution in [2.24, 2.45) is 0 Å². The molecule has 4 nitrogen and oxygen atoms in total. The van der Waals surface area contributed by atoms with Crippen molar-refractivity contribution in [2.45, 2.75) is 39.5 Å². The molecule has 0 bridgehead atoms. The van der Waals surface area contributed by atoms with Gasteiger partial charge in [-0.1, -0.05) is 29.8 Å². The largest absolute Gasteiger partial charge is 0.496 e. The summed E-state index contributed by atoms with van der Waals surface area (Å²) in [4.78, 5) is 21.1. The molecule has 0 fully saturated rings. The van der Waals surface area contributed by atoms with Gasteiger partial charge in [-0.15, -0.1) is 0 Å². The third-order valence-corrected chi connectivity index (χ3v) is 3.08. The average molecular weight is 268 g/mol. The molecule has 0 unspecified atom stereocenters. The molecule has 100 valence electrons. The Bertz CT molecular complexity index is 418. The zero-order chi connectivity index (χ0) is 14.0. The summed E-state index contributed by atoms with van der Waals surface area (Å²) in [5, 5.41) is 0. The van der Waals surface area contributed by atoms with E-state index in [4.69, 9.17) is 9.16 Å². The molecular formula is C13H20O4Si. The van der Waals surface area contributed by atoms with Gasteiger partial charge in [0.25, 0.3) is 0 Å². The van der Waals surface area contributed by atoms with E-state index < -0.39 is 20.3 Å². The van der Waals surface area contributed by atoms with Crippen LogP contribution in [0.25, 0.3) is 0 Å². The molecule has 1 aromatic rings. The van der Waals surface area contributed by atoms with Crippen molar-refractivity contribution >= 4 is 14.7 Å². The Morgan fingerprint density at radius 1 is 1.22 bits per heavy atom. The van der Waals surface area contributed by atoms with E-state index in [-0.39, 0.29) is 0 Å². The van der Waals surface area contributed by atoms with Gasteiger partial charge in [0.15, 0.2) is 0 Å². The number of hydrogen-bond donors (Lipinski definition) is 1. The highest BCUT2D eigenvalue weighted by Crippen LogP contribution is 2.25. The Morgan fingerprint density at radius 2 is 1.72 bits per heavy atom. The van der Waals surface area contributed by atoms with Gasteiger partial charge in [-0.25, -0.2) is 4.79 Å². The van der Waals surface area contributed by atoms with Crippen molar-refractivity contribution in [2.75, 3.05) is 0 Å². The van der Waals surface area contributed by atoms with Gasteiger partial charge >= 0.3 is 14.7 Å². The second kappa shape index (κ2) is 5.12. The fourth-order valence-electron chi connectivity index (χ4n) is 1.45. The van der Waals surface area contributed by atoms with E-state index in [1.165, 1.54) is 13.1 Å². The van der Waals surface area contributed by atoms with Crippen molar-refractivity contribution in [1.82, 2.24) is 0 Å². The van der Waals surface area contributed by atoms with E-state index >= 15 is 0 Å².